The molecule has 2 atom stereocenters. The molecule has 21 heavy (non-hydrogen) atoms. The molecular formula is C14H23N3O4. The number of amides is 3. The van der Waals surface area contributed by atoms with Crippen LogP contribution in [0.1, 0.15) is 32.6 Å². The lowest BCUT2D eigenvalue weighted by Gasteiger charge is -2.34. The third kappa shape index (κ3) is 2.96. The monoisotopic (exact) mass is 297 g/mol. The van der Waals surface area contributed by atoms with E-state index in [1.165, 1.54) is 0 Å². The molecule has 2 heterocycles. The average Bonchev–Trinajstić information content (AvgIpc) is 2.92. The number of urea groups is 1. The van der Waals surface area contributed by atoms with Crippen LogP contribution in [0.3, 0.4) is 0 Å². The summed E-state index contributed by atoms with van der Waals surface area (Å²) in [6, 6.07) is -0.169. The van der Waals surface area contributed by atoms with Crippen LogP contribution >= 0.6 is 0 Å². The maximum atomic E-state index is 12.5. The summed E-state index contributed by atoms with van der Waals surface area (Å²) in [7, 11) is 0. The molecule has 2 rings (SSSR count). The smallest absolute Gasteiger partial charge is 0.320 e. The van der Waals surface area contributed by atoms with Crippen LogP contribution in [0, 0.1) is 11.3 Å². The third-order valence-corrected chi connectivity index (χ3v) is 4.85. The molecule has 7 heteroatoms. The van der Waals surface area contributed by atoms with Crippen LogP contribution in [-0.4, -0.2) is 59.0 Å². The van der Waals surface area contributed by atoms with Crippen molar-refractivity contribution < 1.29 is 19.5 Å². The summed E-state index contributed by atoms with van der Waals surface area (Å²) in [5.41, 5.74) is 4.49. The molecule has 0 aromatic rings. The molecule has 0 radical (unpaired) electrons. The highest BCUT2D eigenvalue weighted by Crippen LogP contribution is 2.35. The molecular weight excluding hydrogens is 274 g/mol. The Labute approximate surface area is 124 Å². The fourth-order valence-corrected chi connectivity index (χ4v) is 3.23. The highest BCUT2D eigenvalue weighted by atomic mass is 16.4. The molecule has 2 unspecified atom stereocenters. The first-order valence-electron chi connectivity index (χ1n) is 7.46. The van der Waals surface area contributed by atoms with E-state index >= 15 is 0 Å². The Morgan fingerprint density at radius 1 is 1.29 bits per heavy atom. The van der Waals surface area contributed by atoms with E-state index in [2.05, 4.69) is 0 Å². The highest BCUT2D eigenvalue weighted by molar-refractivity contribution is 5.81. The first-order valence-corrected chi connectivity index (χ1v) is 7.46. The maximum Gasteiger partial charge on any atom is 0.320 e. The second kappa shape index (κ2) is 5.91. The van der Waals surface area contributed by atoms with E-state index < -0.39 is 11.4 Å². The zero-order valence-corrected chi connectivity index (χ0v) is 12.4. The van der Waals surface area contributed by atoms with Crippen LogP contribution in [0.25, 0.3) is 0 Å². The largest absolute Gasteiger partial charge is 0.481 e. The number of carboxylic acids is 1. The number of nitrogens with zero attached hydrogens (tertiary/aromatic N) is 2. The van der Waals surface area contributed by atoms with Crippen LogP contribution in [-0.2, 0) is 9.59 Å². The first-order chi connectivity index (χ1) is 9.89. The fourth-order valence-electron chi connectivity index (χ4n) is 3.23. The number of carboxylic acid groups (broad SMARTS) is 1. The predicted octanol–water partition coefficient (Wildman–Crippen LogP) is 0.490. The van der Waals surface area contributed by atoms with Crippen molar-refractivity contribution in [1.29, 1.82) is 0 Å². The molecule has 0 spiro atoms. The van der Waals surface area contributed by atoms with Crippen molar-refractivity contribution in [2.45, 2.75) is 32.6 Å². The van der Waals surface area contributed by atoms with Gasteiger partial charge in [0.1, 0.15) is 0 Å². The van der Waals surface area contributed by atoms with Gasteiger partial charge in [0.15, 0.2) is 0 Å². The van der Waals surface area contributed by atoms with E-state index in [1.54, 1.807) is 9.80 Å². The SMILES string of the molecule is CCC1(C(=O)O)CCN(C(=O)N2CCCC(C(N)=O)C2)C1. The Morgan fingerprint density at radius 2 is 2.00 bits per heavy atom. The number of rotatable bonds is 3. The fraction of sp³-hybridized carbons (Fsp3) is 0.786. The number of nitrogens with two attached hydrogens (primary N) is 1. The van der Waals surface area contributed by atoms with Gasteiger partial charge >= 0.3 is 12.0 Å². The molecule has 7 nitrogen and oxygen atoms in total. The zero-order valence-electron chi connectivity index (χ0n) is 12.4. The van der Waals surface area contributed by atoms with Gasteiger partial charge in [0.2, 0.25) is 5.91 Å². The van der Waals surface area contributed by atoms with Crippen molar-refractivity contribution in [3.05, 3.63) is 0 Å². The second-order valence-corrected chi connectivity index (χ2v) is 6.08. The molecule has 2 aliphatic rings. The molecule has 0 aromatic heterocycles. The number of carbonyl (C=O) groups is 3. The van der Waals surface area contributed by atoms with Crippen molar-refractivity contribution in [3.8, 4) is 0 Å². The van der Waals surface area contributed by atoms with Gasteiger partial charge in [0, 0.05) is 26.2 Å². The minimum Gasteiger partial charge on any atom is -0.481 e. The first kappa shape index (κ1) is 15.6. The summed E-state index contributed by atoms with van der Waals surface area (Å²) in [5, 5.41) is 9.38. The van der Waals surface area contributed by atoms with Crippen LogP contribution in [0.5, 0.6) is 0 Å². The quantitative estimate of drug-likeness (QED) is 0.791. The van der Waals surface area contributed by atoms with Crippen molar-refractivity contribution in [2.24, 2.45) is 17.1 Å². The highest BCUT2D eigenvalue weighted by Gasteiger charge is 2.45. The summed E-state index contributed by atoms with van der Waals surface area (Å²) >= 11 is 0. The van der Waals surface area contributed by atoms with E-state index in [4.69, 9.17) is 5.73 Å². The normalized spacial score (nSPS) is 29.5. The maximum absolute atomic E-state index is 12.5. The molecule has 3 N–H and O–H groups in total. The van der Waals surface area contributed by atoms with E-state index in [-0.39, 0.29) is 24.4 Å². The average molecular weight is 297 g/mol. The Kier molecular flexibility index (Phi) is 4.39. The molecule has 0 aliphatic carbocycles. The van der Waals surface area contributed by atoms with E-state index in [1.807, 2.05) is 6.92 Å². The lowest BCUT2D eigenvalue weighted by atomic mass is 9.84. The predicted molar refractivity (Wildman–Crippen MR) is 75.4 cm³/mol. The molecule has 118 valence electrons. The van der Waals surface area contributed by atoms with Crippen LogP contribution in [0.4, 0.5) is 4.79 Å². The van der Waals surface area contributed by atoms with Gasteiger partial charge in [-0.3, -0.25) is 9.59 Å². The summed E-state index contributed by atoms with van der Waals surface area (Å²) in [4.78, 5) is 38.4. The number of aliphatic carboxylic acids is 1. The molecule has 3 amide bonds. The molecule has 2 fully saturated rings. The lowest BCUT2D eigenvalue weighted by molar-refractivity contribution is -0.148. The van der Waals surface area contributed by atoms with Crippen LogP contribution < -0.4 is 5.73 Å². The van der Waals surface area contributed by atoms with Gasteiger partial charge in [-0.15, -0.1) is 0 Å². The standard InChI is InChI=1S/C14H23N3O4/c1-2-14(12(19)20)5-7-17(9-14)13(21)16-6-3-4-10(8-16)11(15)18/h10H,2-9H2,1H3,(H2,15,18)(H,19,20). The van der Waals surface area contributed by atoms with Gasteiger partial charge in [-0.1, -0.05) is 6.92 Å². The van der Waals surface area contributed by atoms with E-state index in [9.17, 15) is 19.5 Å². The van der Waals surface area contributed by atoms with Gasteiger partial charge in [-0.2, -0.15) is 0 Å². The molecule has 2 saturated heterocycles. The number of piperidine rings is 1. The van der Waals surface area contributed by atoms with Crippen molar-refractivity contribution >= 4 is 17.9 Å². The molecule has 2 aliphatic heterocycles. The van der Waals surface area contributed by atoms with Crippen molar-refractivity contribution in [1.82, 2.24) is 9.80 Å². The van der Waals surface area contributed by atoms with Gasteiger partial charge in [0.25, 0.3) is 0 Å². The molecule has 0 bridgehead atoms. The Bertz CT molecular complexity index is 454. The molecule has 0 saturated carbocycles. The van der Waals surface area contributed by atoms with Crippen LogP contribution in [0.15, 0.2) is 0 Å². The second-order valence-electron chi connectivity index (χ2n) is 6.08. The molecule has 0 aromatic carbocycles. The van der Waals surface area contributed by atoms with Gasteiger partial charge in [-0.25, -0.2) is 4.79 Å². The Hall–Kier alpha value is -1.79. The third-order valence-electron chi connectivity index (χ3n) is 4.85. The van der Waals surface area contributed by atoms with Crippen LogP contribution in [0.2, 0.25) is 0 Å². The lowest BCUT2D eigenvalue weighted by Crippen LogP contribution is -2.49. The number of likely N-dealkylation sites (tertiary alicyclic amines) is 2. The van der Waals surface area contributed by atoms with Gasteiger partial charge in [0.05, 0.1) is 11.3 Å². The number of hydrogen-bond acceptors (Lipinski definition) is 3. The van der Waals surface area contributed by atoms with Gasteiger partial charge < -0.3 is 20.6 Å². The number of carbonyl (C=O) groups excluding carboxylic acids is 2. The Balaban J connectivity index is 2.01. The van der Waals surface area contributed by atoms with Crippen molar-refractivity contribution in [3.63, 3.8) is 0 Å². The minimum atomic E-state index is -0.839. The van der Waals surface area contributed by atoms with Gasteiger partial charge in [-0.05, 0) is 25.7 Å². The van der Waals surface area contributed by atoms with E-state index in [0.717, 1.165) is 6.42 Å². The summed E-state index contributed by atoms with van der Waals surface area (Å²) in [6.07, 6.45) is 2.46. The summed E-state index contributed by atoms with van der Waals surface area (Å²) in [6.45, 7) is 3.49. The number of primary amides is 1. The number of hydrogen-bond donors (Lipinski definition) is 2. The summed E-state index contributed by atoms with van der Waals surface area (Å²) < 4.78 is 0. The minimum absolute atomic E-state index is 0.169. The topological polar surface area (TPSA) is 104 Å². The zero-order chi connectivity index (χ0) is 15.6. The van der Waals surface area contributed by atoms with E-state index in [0.29, 0.717) is 38.9 Å². The van der Waals surface area contributed by atoms with Crippen molar-refractivity contribution in [2.75, 3.05) is 26.2 Å². The summed E-state index contributed by atoms with van der Waals surface area (Å²) in [5.74, 6) is -1.50. The Morgan fingerprint density at radius 3 is 2.52 bits per heavy atom.